The predicted octanol–water partition coefficient (Wildman–Crippen LogP) is 3.03. The van der Waals surface area contributed by atoms with Gasteiger partial charge in [0.1, 0.15) is 11.4 Å². The van der Waals surface area contributed by atoms with E-state index in [0.29, 0.717) is 23.0 Å². The molecule has 8 nitrogen and oxygen atoms in total. The van der Waals surface area contributed by atoms with Crippen molar-refractivity contribution in [2.24, 2.45) is 0 Å². The van der Waals surface area contributed by atoms with Crippen molar-refractivity contribution in [2.75, 3.05) is 10.6 Å². The van der Waals surface area contributed by atoms with Gasteiger partial charge in [0.05, 0.1) is 12.8 Å². The van der Waals surface area contributed by atoms with E-state index in [2.05, 4.69) is 54.7 Å². The Morgan fingerprint density at radius 2 is 0.972 bits per heavy atom. The highest BCUT2D eigenvalue weighted by atomic mass is 16.2. The van der Waals surface area contributed by atoms with Crippen LogP contribution in [0.4, 0.5) is 11.6 Å². The molecule has 0 atom stereocenters. The Morgan fingerprint density at radius 1 is 0.556 bits per heavy atom. The van der Waals surface area contributed by atoms with Crippen LogP contribution in [0.15, 0.2) is 84.9 Å². The fourth-order valence-corrected chi connectivity index (χ4v) is 3.06. The van der Waals surface area contributed by atoms with Crippen LogP contribution >= 0.6 is 0 Å². The van der Waals surface area contributed by atoms with Gasteiger partial charge in [-0.25, -0.2) is 0 Å². The predicted molar refractivity (Wildman–Crippen MR) is 135 cm³/mol. The van der Waals surface area contributed by atoms with E-state index in [4.69, 9.17) is 0 Å². The van der Waals surface area contributed by atoms with Gasteiger partial charge in [-0.05, 0) is 59.1 Å². The Morgan fingerprint density at radius 3 is 1.33 bits per heavy atom. The van der Waals surface area contributed by atoms with Gasteiger partial charge in [0.2, 0.25) is 11.8 Å². The fraction of sp³-hybridized carbons (Fsp3) is 0.0714. The average molecular weight is 473 g/mol. The third-order valence-corrected chi connectivity index (χ3v) is 4.72. The summed E-state index contributed by atoms with van der Waals surface area (Å²) in [6, 6.07) is 25.4. The molecular formula is C28H20N6O2. The first-order valence-corrected chi connectivity index (χ1v) is 11.0. The summed E-state index contributed by atoms with van der Waals surface area (Å²) in [6.07, 6.45) is 0.507. The third kappa shape index (κ3) is 7.62. The van der Waals surface area contributed by atoms with Crippen LogP contribution in [0, 0.1) is 23.7 Å². The second kappa shape index (κ2) is 12.2. The molecule has 8 heteroatoms. The number of hydrogen-bond acceptors (Lipinski definition) is 6. The molecule has 0 aliphatic carbocycles. The summed E-state index contributed by atoms with van der Waals surface area (Å²) in [7, 11) is 0. The first kappa shape index (κ1) is 23.8. The SMILES string of the molecule is O=C(Cc1ccccc1)Nc1ccc(C#CC#Cc2ccc(NC(=O)Cc3ccccc3)nn2)nn1. The third-order valence-electron chi connectivity index (χ3n) is 4.72. The van der Waals surface area contributed by atoms with Crippen molar-refractivity contribution < 1.29 is 9.59 Å². The van der Waals surface area contributed by atoms with Gasteiger partial charge in [-0.15, -0.1) is 20.4 Å². The van der Waals surface area contributed by atoms with Crippen LogP contribution in [-0.2, 0) is 22.4 Å². The minimum absolute atomic E-state index is 0.178. The van der Waals surface area contributed by atoms with Crippen molar-refractivity contribution in [3.63, 3.8) is 0 Å². The van der Waals surface area contributed by atoms with E-state index < -0.39 is 0 Å². The van der Waals surface area contributed by atoms with Gasteiger partial charge in [0.25, 0.3) is 0 Å². The summed E-state index contributed by atoms with van der Waals surface area (Å²) >= 11 is 0. The molecule has 0 bridgehead atoms. The molecule has 4 rings (SSSR count). The van der Waals surface area contributed by atoms with Crippen LogP contribution in [-0.4, -0.2) is 32.2 Å². The molecule has 2 amide bonds. The van der Waals surface area contributed by atoms with Crippen molar-refractivity contribution in [1.82, 2.24) is 20.4 Å². The molecule has 0 unspecified atom stereocenters. The van der Waals surface area contributed by atoms with Crippen LogP contribution < -0.4 is 10.6 Å². The number of nitrogens with zero attached hydrogens (tertiary/aromatic N) is 4. The number of nitrogens with one attached hydrogen (secondary N) is 2. The van der Waals surface area contributed by atoms with Crippen LogP contribution in [0.25, 0.3) is 0 Å². The number of rotatable bonds is 6. The van der Waals surface area contributed by atoms with Gasteiger partial charge in [-0.3, -0.25) is 9.59 Å². The molecule has 2 heterocycles. The maximum Gasteiger partial charge on any atom is 0.229 e. The van der Waals surface area contributed by atoms with Gasteiger partial charge in [0.15, 0.2) is 11.6 Å². The van der Waals surface area contributed by atoms with Crippen molar-refractivity contribution in [2.45, 2.75) is 12.8 Å². The number of amides is 2. The molecular weight excluding hydrogens is 452 g/mol. The van der Waals surface area contributed by atoms with E-state index in [1.54, 1.807) is 24.3 Å². The van der Waals surface area contributed by atoms with E-state index in [1.165, 1.54) is 0 Å². The Bertz CT molecular complexity index is 1330. The maximum absolute atomic E-state index is 12.1. The summed E-state index contributed by atoms with van der Waals surface area (Å²) in [4.78, 5) is 24.2. The number of carbonyl (C=O) groups is 2. The molecule has 0 aliphatic rings. The average Bonchev–Trinajstić information content (AvgIpc) is 2.89. The van der Waals surface area contributed by atoms with Crippen molar-refractivity contribution in [1.29, 1.82) is 0 Å². The first-order chi connectivity index (χ1) is 17.6. The highest BCUT2D eigenvalue weighted by Crippen LogP contribution is 2.06. The van der Waals surface area contributed by atoms with Crippen LogP contribution in [0.2, 0.25) is 0 Å². The van der Waals surface area contributed by atoms with Gasteiger partial charge in [-0.2, -0.15) is 0 Å². The molecule has 0 fully saturated rings. The number of anilines is 2. The molecule has 36 heavy (non-hydrogen) atoms. The number of hydrogen-bond donors (Lipinski definition) is 2. The zero-order chi connectivity index (χ0) is 25.0. The molecule has 0 saturated heterocycles. The maximum atomic E-state index is 12.1. The van der Waals surface area contributed by atoms with Crippen LogP contribution in [0.1, 0.15) is 22.5 Å². The van der Waals surface area contributed by atoms with Crippen molar-refractivity contribution in [3.05, 3.63) is 107 Å². The quantitative estimate of drug-likeness (QED) is 0.418. The van der Waals surface area contributed by atoms with E-state index in [-0.39, 0.29) is 24.7 Å². The fourth-order valence-electron chi connectivity index (χ4n) is 3.06. The number of benzene rings is 2. The Labute approximate surface area is 208 Å². The highest BCUT2D eigenvalue weighted by molar-refractivity contribution is 5.91. The van der Waals surface area contributed by atoms with E-state index in [1.807, 2.05) is 60.7 Å². The number of carbonyl (C=O) groups excluding carboxylic acids is 2. The van der Waals surface area contributed by atoms with E-state index in [0.717, 1.165) is 11.1 Å². The Balaban J connectivity index is 1.26. The van der Waals surface area contributed by atoms with Crippen molar-refractivity contribution in [3.8, 4) is 23.7 Å². The smallest absolute Gasteiger partial charge is 0.229 e. The standard InChI is InChI=1S/C28H20N6O2/c35-27(19-21-9-3-1-4-10-21)29-25-17-15-23(31-33-25)13-7-8-14-24-16-18-26(34-32-24)30-28(36)20-22-11-5-2-6-12-22/h1-6,9-12,15-18H,19-20H2,(H,29,33,35)(H,30,34,36). The Hall–Kier alpha value is -5.34. The molecule has 2 aromatic carbocycles. The number of aromatic nitrogens is 4. The van der Waals surface area contributed by atoms with Crippen LogP contribution in [0.3, 0.4) is 0 Å². The van der Waals surface area contributed by atoms with Crippen LogP contribution in [0.5, 0.6) is 0 Å². The normalized spacial score (nSPS) is 9.67. The molecule has 0 aliphatic heterocycles. The second-order valence-electron chi connectivity index (χ2n) is 7.53. The highest BCUT2D eigenvalue weighted by Gasteiger charge is 2.06. The molecule has 0 spiro atoms. The van der Waals surface area contributed by atoms with Gasteiger partial charge in [-0.1, -0.05) is 60.7 Å². The zero-order valence-electron chi connectivity index (χ0n) is 19.1. The largest absolute Gasteiger partial charge is 0.309 e. The molecule has 174 valence electrons. The van der Waals surface area contributed by atoms with Gasteiger partial charge >= 0.3 is 0 Å². The summed E-state index contributed by atoms with van der Waals surface area (Å²) in [6.45, 7) is 0. The summed E-state index contributed by atoms with van der Waals surface area (Å²) < 4.78 is 0. The minimum Gasteiger partial charge on any atom is -0.309 e. The van der Waals surface area contributed by atoms with Gasteiger partial charge in [0, 0.05) is 0 Å². The molecule has 2 aromatic heterocycles. The molecule has 4 aromatic rings. The first-order valence-electron chi connectivity index (χ1n) is 11.0. The lowest BCUT2D eigenvalue weighted by Crippen LogP contribution is -2.15. The molecule has 2 N–H and O–H groups in total. The molecule has 0 radical (unpaired) electrons. The van der Waals surface area contributed by atoms with Gasteiger partial charge < -0.3 is 10.6 Å². The second-order valence-corrected chi connectivity index (χ2v) is 7.53. The molecule has 0 saturated carbocycles. The van der Waals surface area contributed by atoms with E-state index in [9.17, 15) is 9.59 Å². The van der Waals surface area contributed by atoms with E-state index >= 15 is 0 Å². The Kier molecular flexibility index (Phi) is 8.08. The topological polar surface area (TPSA) is 110 Å². The van der Waals surface area contributed by atoms with Crippen molar-refractivity contribution >= 4 is 23.5 Å². The lowest BCUT2D eigenvalue weighted by atomic mass is 10.1. The lowest BCUT2D eigenvalue weighted by molar-refractivity contribution is -0.116. The summed E-state index contributed by atoms with van der Waals surface area (Å²) in [5.74, 6) is 11.3. The lowest BCUT2D eigenvalue weighted by Gasteiger charge is -2.03. The minimum atomic E-state index is -0.178. The summed E-state index contributed by atoms with van der Waals surface area (Å²) in [5, 5.41) is 21.3. The zero-order valence-corrected chi connectivity index (χ0v) is 19.1. The summed E-state index contributed by atoms with van der Waals surface area (Å²) in [5.41, 5.74) is 2.65. The monoisotopic (exact) mass is 472 g/mol.